The molecule has 1 aliphatic heterocycles. The van der Waals surface area contributed by atoms with Crippen LogP contribution in [0.1, 0.15) is 18.4 Å². The minimum Gasteiger partial charge on any atom is -0.494 e. The maximum atomic E-state index is 12.5. The van der Waals surface area contributed by atoms with Gasteiger partial charge in [-0.05, 0) is 34.9 Å². The van der Waals surface area contributed by atoms with Crippen molar-refractivity contribution in [1.82, 2.24) is 0 Å². The zero-order chi connectivity index (χ0) is 19.5. The fourth-order valence-corrected chi connectivity index (χ4v) is 3.62. The third kappa shape index (κ3) is 3.69. The predicted molar refractivity (Wildman–Crippen MR) is 111 cm³/mol. The number of carbonyl (C=O) groups is 2. The van der Waals surface area contributed by atoms with Crippen LogP contribution in [-0.4, -0.2) is 25.5 Å². The number of nitrogens with zero attached hydrogens (tertiary/aromatic N) is 1. The van der Waals surface area contributed by atoms with Crippen LogP contribution in [0.5, 0.6) is 5.75 Å². The van der Waals surface area contributed by atoms with E-state index in [1.807, 2.05) is 48.5 Å². The van der Waals surface area contributed by atoms with Gasteiger partial charge < -0.3 is 15.0 Å². The van der Waals surface area contributed by atoms with Gasteiger partial charge >= 0.3 is 0 Å². The van der Waals surface area contributed by atoms with Gasteiger partial charge in [0, 0.05) is 24.7 Å². The molecule has 1 N–H and O–H groups in total. The van der Waals surface area contributed by atoms with Crippen LogP contribution in [0.4, 0.5) is 11.4 Å². The summed E-state index contributed by atoms with van der Waals surface area (Å²) in [5.41, 5.74) is 2.36. The Balaban J connectivity index is 1.48. The molecule has 0 atom stereocenters. The van der Waals surface area contributed by atoms with Crippen molar-refractivity contribution in [2.45, 2.75) is 19.3 Å². The molecule has 1 fully saturated rings. The van der Waals surface area contributed by atoms with Gasteiger partial charge in [-0.2, -0.15) is 0 Å². The Bertz CT molecular complexity index is 1040. The minimum atomic E-state index is -0.0951. The summed E-state index contributed by atoms with van der Waals surface area (Å²) in [6, 6.07) is 19.5. The zero-order valence-corrected chi connectivity index (χ0v) is 15.8. The highest BCUT2D eigenvalue weighted by atomic mass is 16.5. The zero-order valence-electron chi connectivity index (χ0n) is 15.8. The second-order valence-corrected chi connectivity index (χ2v) is 6.94. The predicted octanol–water partition coefficient (Wildman–Crippen LogP) is 4.16. The van der Waals surface area contributed by atoms with Crippen LogP contribution in [0.25, 0.3) is 10.8 Å². The number of amides is 2. The number of hydrogen-bond donors (Lipinski definition) is 1. The summed E-state index contributed by atoms with van der Waals surface area (Å²) < 4.78 is 5.45. The molecule has 28 heavy (non-hydrogen) atoms. The summed E-state index contributed by atoms with van der Waals surface area (Å²) in [5, 5.41) is 5.20. The standard InChI is InChI=1S/C23H22N2O3/c1-28-21-15-19(10-11-20(21)25-12-4-7-23(25)27)24-22(26)14-16-8-9-17-5-2-3-6-18(17)13-16/h2-3,5-6,8-11,13,15H,4,7,12,14H2,1H3,(H,24,26). The molecule has 0 bridgehead atoms. The van der Waals surface area contributed by atoms with Crippen LogP contribution in [0.15, 0.2) is 60.7 Å². The topological polar surface area (TPSA) is 58.6 Å². The Hall–Kier alpha value is -3.34. The highest BCUT2D eigenvalue weighted by Gasteiger charge is 2.24. The fourth-order valence-electron chi connectivity index (χ4n) is 3.62. The number of fused-ring (bicyclic) bond motifs is 1. The van der Waals surface area contributed by atoms with Crippen molar-refractivity contribution in [1.29, 1.82) is 0 Å². The smallest absolute Gasteiger partial charge is 0.228 e. The first-order valence-corrected chi connectivity index (χ1v) is 9.40. The number of hydrogen-bond acceptors (Lipinski definition) is 3. The summed E-state index contributed by atoms with van der Waals surface area (Å²) in [5.74, 6) is 0.590. The van der Waals surface area contributed by atoms with Gasteiger partial charge in [0.25, 0.3) is 0 Å². The third-order valence-electron chi connectivity index (χ3n) is 5.01. The molecule has 1 saturated heterocycles. The maximum absolute atomic E-state index is 12.5. The van der Waals surface area contributed by atoms with E-state index in [0.717, 1.165) is 28.4 Å². The molecule has 2 amide bonds. The Morgan fingerprint density at radius 1 is 1.07 bits per heavy atom. The number of rotatable bonds is 5. The van der Waals surface area contributed by atoms with Crippen LogP contribution in [-0.2, 0) is 16.0 Å². The molecule has 5 heteroatoms. The number of anilines is 2. The molecule has 0 radical (unpaired) electrons. The molecule has 3 aromatic carbocycles. The lowest BCUT2D eigenvalue weighted by Gasteiger charge is -2.19. The van der Waals surface area contributed by atoms with Crippen LogP contribution < -0.4 is 15.0 Å². The van der Waals surface area contributed by atoms with Gasteiger partial charge in [-0.1, -0.05) is 42.5 Å². The summed E-state index contributed by atoms with van der Waals surface area (Å²) in [6.45, 7) is 0.697. The molecule has 0 spiro atoms. The Kier molecular flexibility index (Phi) is 4.98. The van der Waals surface area contributed by atoms with Crippen molar-refractivity contribution in [3.8, 4) is 5.75 Å². The number of nitrogens with one attached hydrogen (secondary N) is 1. The monoisotopic (exact) mass is 374 g/mol. The van der Waals surface area contributed by atoms with Gasteiger partial charge in [-0.25, -0.2) is 0 Å². The molecular formula is C23H22N2O3. The van der Waals surface area contributed by atoms with E-state index in [0.29, 0.717) is 30.8 Å². The van der Waals surface area contributed by atoms with Crippen LogP contribution in [0.3, 0.4) is 0 Å². The van der Waals surface area contributed by atoms with Crippen molar-refractivity contribution < 1.29 is 14.3 Å². The normalized spacial score (nSPS) is 13.8. The molecule has 3 aromatic rings. The minimum absolute atomic E-state index is 0.0951. The Morgan fingerprint density at radius 2 is 1.89 bits per heavy atom. The number of methoxy groups -OCH3 is 1. The lowest BCUT2D eigenvalue weighted by atomic mass is 10.0. The Labute approximate surface area is 163 Å². The van der Waals surface area contributed by atoms with Crippen molar-refractivity contribution in [2.24, 2.45) is 0 Å². The highest BCUT2D eigenvalue weighted by molar-refractivity contribution is 5.98. The molecule has 5 nitrogen and oxygen atoms in total. The second-order valence-electron chi connectivity index (χ2n) is 6.94. The van der Waals surface area contributed by atoms with Crippen LogP contribution >= 0.6 is 0 Å². The number of carbonyl (C=O) groups excluding carboxylic acids is 2. The van der Waals surface area contributed by atoms with Gasteiger partial charge in [0.15, 0.2) is 0 Å². The second kappa shape index (κ2) is 7.72. The molecule has 0 aromatic heterocycles. The summed E-state index contributed by atoms with van der Waals surface area (Å²) >= 11 is 0. The van der Waals surface area contributed by atoms with E-state index in [2.05, 4.69) is 11.4 Å². The highest BCUT2D eigenvalue weighted by Crippen LogP contribution is 2.33. The van der Waals surface area contributed by atoms with Crippen molar-refractivity contribution in [2.75, 3.05) is 23.9 Å². The van der Waals surface area contributed by atoms with Gasteiger partial charge in [0.05, 0.1) is 19.2 Å². The summed E-state index contributed by atoms with van der Waals surface area (Å²) in [4.78, 5) is 26.2. The van der Waals surface area contributed by atoms with Crippen molar-refractivity contribution in [3.63, 3.8) is 0 Å². The molecular weight excluding hydrogens is 352 g/mol. The first-order valence-electron chi connectivity index (χ1n) is 9.40. The molecule has 4 rings (SSSR count). The molecule has 142 valence electrons. The number of benzene rings is 3. The van der Waals surface area contributed by atoms with E-state index in [4.69, 9.17) is 4.74 Å². The Morgan fingerprint density at radius 3 is 2.64 bits per heavy atom. The van der Waals surface area contributed by atoms with Crippen LogP contribution in [0, 0.1) is 0 Å². The molecule has 1 aliphatic rings. The first-order chi connectivity index (χ1) is 13.6. The van der Waals surface area contributed by atoms with Gasteiger partial charge in [-0.15, -0.1) is 0 Å². The largest absolute Gasteiger partial charge is 0.494 e. The van der Waals surface area contributed by atoms with E-state index in [1.54, 1.807) is 18.1 Å². The van der Waals surface area contributed by atoms with E-state index in [9.17, 15) is 9.59 Å². The number of ether oxygens (including phenoxy) is 1. The van der Waals surface area contributed by atoms with Gasteiger partial charge in [-0.3, -0.25) is 9.59 Å². The molecule has 1 heterocycles. The van der Waals surface area contributed by atoms with E-state index >= 15 is 0 Å². The van der Waals surface area contributed by atoms with E-state index in [1.165, 1.54) is 0 Å². The SMILES string of the molecule is COc1cc(NC(=O)Cc2ccc3ccccc3c2)ccc1N1CCCC1=O. The van der Waals surface area contributed by atoms with Crippen LogP contribution in [0.2, 0.25) is 0 Å². The summed E-state index contributed by atoms with van der Waals surface area (Å²) in [7, 11) is 1.57. The van der Waals surface area contributed by atoms with Crippen molar-refractivity contribution in [3.05, 3.63) is 66.2 Å². The average molecular weight is 374 g/mol. The maximum Gasteiger partial charge on any atom is 0.228 e. The van der Waals surface area contributed by atoms with E-state index in [-0.39, 0.29) is 11.8 Å². The van der Waals surface area contributed by atoms with Gasteiger partial charge in [0.2, 0.25) is 11.8 Å². The lowest BCUT2D eigenvalue weighted by molar-refractivity contribution is -0.117. The third-order valence-corrected chi connectivity index (χ3v) is 5.01. The fraction of sp³-hybridized carbons (Fsp3) is 0.217. The lowest BCUT2D eigenvalue weighted by Crippen LogP contribution is -2.24. The molecule has 0 aliphatic carbocycles. The van der Waals surface area contributed by atoms with Gasteiger partial charge in [0.1, 0.15) is 5.75 Å². The molecule has 0 unspecified atom stereocenters. The van der Waals surface area contributed by atoms with Crippen molar-refractivity contribution >= 4 is 34.0 Å². The first kappa shape index (κ1) is 18.0. The van der Waals surface area contributed by atoms with E-state index < -0.39 is 0 Å². The quantitative estimate of drug-likeness (QED) is 0.730. The molecule has 0 saturated carbocycles. The summed E-state index contributed by atoms with van der Waals surface area (Å²) in [6.07, 6.45) is 1.71. The average Bonchev–Trinajstić information content (AvgIpc) is 3.13.